The summed E-state index contributed by atoms with van der Waals surface area (Å²) < 4.78 is 1.06. The van der Waals surface area contributed by atoms with Gasteiger partial charge in [-0.15, -0.1) is 23.1 Å². The van der Waals surface area contributed by atoms with Crippen molar-refractivity contribution in [3.8, 4) is 11.3 Å². The van der Waals surface area contributed by atoms with Gasteiger partial charge in [0.15, 0.2) is 0 Å². The van der Waals surface area contributed by atoms with E-state index in [1.807, 2.05) is 12.1 Å². The molecule has 0 bridgehead atoms. The van der Waals surface area contributed by atoms with E-state index < -0.39 is 0 Å². The number of hydrogen-bond donors (Lipinski definition) is 0. The van der Waals surface area contributed by atoms with Crippen LogP contribution in [0, 0.1) is 0 Å². The number of anilines is 1. The molecule has 26 heavy (non-hydrogen) atoms. The fraction of sp³-hybridized carbons (Fsp3) is 0.200. The summed E-state index contributed by atoms with van der Waals surface area (Å²) >= 11 is 6.94. The van der Waals surface area contributed by atoms with Crippen LogP contribution in [-0.2, 0) is 0 Å². The monoisotopic (exact) mass is 443 g/mol. The van der Waals surface area contributed by atoms with Gasteiger partial charge in [0.05, 0.1) is 11.7 Å². The molecule has 0 spiro atoms. The van der Waals surface area contributed by atoms with E-state index in [1.165, 1.54) is 10.5 Å². The molecule has 0 amide bonds. The molecule has 0 unspecified atom stereocenters. The Morgan fingerprint density at radius 2 is 2.00 bits per heavy atom. The van der Waals surface area contributed by atoms with Crippen LogP contribution in [0.25, 0.3) is 11.3 Å². The van der Waals surface area contributed by atoms with Crippen LogP contribution in [0.4, 0.5) is 5.13 Å². The van der Waals surface area contributed by atoms with Crippen molar-refractivity contribution >= 4 is 49.9 Å². The summed E-state index contributed by atoms with van der Waals surface area (Å²) in [7, 11) is 0. The number of nitrogens with zero attached hydrogens (tertiary/aromatic N) is 3. The minimum Gasteiger partial charge on any atom is -0.231 e. The molecule has 2 heterocycles. The Morgan fingerprint density at radius 3 is 2.73 bits per heavy atom. The SMILES string of the molecule is CSc1ccc([C@@H]2CC(C)=NN2c2nc(-c3cccc(Br)c3)cs2)cc1. The molecule has 1 aliphatic rings. The number of halogens is 1. The van der Waals surface area contributed by atoms with Crippen LogP contribution in [0.2, 0.25) is 0 Å². The Morgan fingerprint density at radius 1 is 1.19 bits per heavy atom. The van der Waals surface area contributed by atoms with Gasteiger partial charge in [0.25, 0.3) is 0 Å². The lowest BCUT2D eigenvalue weighted by atomic mass is 10.0. The lowest BCUT2D eigenvalue weighted by Gasteiger charge is -2.21. The number of thioether (sulfide) groups is 1. The number of benzene rings is 2. The molecule has 3 nitrogen and oxygen atoms in total. The number of hydrazone groups is 1. The molecular formula is C20H18BrN3S2. The van der Waals surface area contributed by atoms with Gasteiger partial charge in [0, 0.05) is 32.4 Å². The standard InChI is InChI=1S/C20H18BrN3S2/c1-13-10-19(14-6-8-17(25-2)9-7-14)24(23-13)20-22-18(12-26-20)15-4-3-5-16(21)11-15/h3-9,11-12,19H,10H2,1-2H3/t19-/m0/s1. The fourth-order valence-corrected chi connectivity index (χ4v) is 4.71. The first-order valence-electron chi connectivity index (χ1n) is 8.33. The molecule has 3 aromatic rings. The average Bonchev–Trinajstić information content (AvgIpc) is 3.28. The molecule has 1 aliphatic heterocycles. The van der Waals surface area contributed by atoms with Gasteiger partial charge < -0.3 is 0 Å². The van der Waals surface area contributed by atoms with Gasteiger partial charge in [-0.1, -0.05) is 40.2 Å². The zero-order chi connectivity index (χ0) is 18.1. The minimum atomic E-state index is 0.215. The normalized spacial score (nSPS) is 16.8. The Labute approximate surface area is 170 Å². The zero-order valence-corrected chi connectivity index (χ0v) is 17.7. The van der Waals surface area contributed by atoms with E-state index in [4.69, 9.17) is 10.1 Å². The molecule has 4 rings (SSSR count). The Kier molecular flexibility index (Phi) is 5.16. The Balaban J connectivity index is 1.64. The summed E-state index contributed by atoms with van der Waals surface area (Å²) in [5.74, 6) is 0. The first-order chi connectivity index (χ1) is 12.6. The van der Waals surface area contributed by atoms with E-state index in [9.17, 15) is 0 Å². The zero-order valence-electron chi connectivity index (χ0n) is 14.5. The third kappa shape index (κ3) is 3.59. The Hall–Kier alpha value is -1.63. The van der Waals surface area contributed by atoms with Crippen LogP contribution in [0.1, 0.15) is 24.9 Å². The van der Waals surface area contributed by atoms with Gasteiger partial charge in [-0.2, -0.15) is 5.10 Å². The quantitative estimate of drug-likeness (QED) is 0.424. The molecule has 1 atom stereocenters. The van der Waals surface area contributed by atoms with Crippen LogP contribution < -0.4 is 5.01 Å². The van der Waals surface area contributed by atoms with E-state index in [-0.39, 0.29) is 6.04 Å². The number of rotatable bonds is 4. The van der Waals surface area contributed by atoms with Crippen molar-refractivity contribution in [1.29, 1.82) is 0 Å². The second kappa shape index (κ2) is 7.55. The van der Waals surface area contributed by atoms with Crippen molar-refractivity contribution < 1.29 is 0 Å². The Bertz CT molecular complexity index is 950. The maximum absolute atomic E-state index is 4.86. The first kappa shape index (κ1) is 17.8. The fourth-order valence-electron chi connectivity index (χ4n) is 3.07. The van der Waals surface area contributed by atoms with E-state index in [1.54, 1.807) is 23.1 Å². The molecule has 1 aromatic heterocycles. The van der Waals surface area contributed by atoms with Gasteiger partial charge in [-0.05, 0) is 43.0 Å². The van der Waals surface area contributed by atoms with Crippen LogP contribution in [-0.4, -0.2) is 17.0 Å². The maximum Gasteiger partial charge on any atom is 0.207 e. The molecule has 0 saturated carbocycles. The second-order valence-corrected chi connectivity index (χ2v) is 8.83. The lowest BCUT2D eigenvalue weighted by molar-refractivity contribution is 0.705. The van der Waals surface area contributed by atoms with E-state index >= 15 is 0 Å². The average molecular weight is 444 g/mol. The van der Waals surface area contributed by atoms with Crippen molar-refractivity contribution in [1.82, 2.24) is 4.98 Å². The molecule has 0 N–H and O–H groups in total. The van der Waals surface area contributed by atoms with Crippen molar-refractivity contribution in [2.45, 2.75) is 24.3 Å². The molecule has 0 aliphatic carbocycles. The summed E-state index contributed by atoms with van der Waals surface area (Å²) in [6, 6.07) is 17.2. The summed E-state index contributed by atoms with van der Waals surface area (Å²) in [4.78, 5) is 6.14. The summed E-state index contributed by atoms with van der Waals surface area (Å²) in [6.07, 6.45) is 3.04. The molecule has 0 saturated heterocycles. The smallest absolute Gasteiger partial charge is 0.207 e. The van der Waals surface area contributed by atoms with E-state index in [0.29, 0.717) is 0 Å². The van der Waals surface area contributed by atoms with Crippen molar-refractivity contribution in [2.75, 3.05) is 11.3 Å². The van der Waals surface area contributed by atoms with Crippen molar-refractivity contribution in [3.05, 3.63) is 63.9 Å². The maximum atomic E-state index is 4.86. The van der Waals surface area contributed by atoms with Gasteiger partial charge in [0.2, 0.25) is 5.13 Å². The highest BCUT2D eigenvalue weighted by Gasteiger charge is 2.29. The van der Waals surface area contributed by atoms with E-state index in [0.717, 1.165) is 33.0 Å². The van der Waals surface area contributed by atoms with Gasteiger partial charge in [0.1, 0.15) is 0 Å². The third-order valence-corrected chi connectivity index (χ3v) is 6.44. The van der Waals surface area contributed by atoms with Crippen LogP contribution in [0.3, 0.4) is 0 Å². The van der Waals surface area contributed by atoms with Crippen molar-refractivity contribution in [2.24, 2.45) is 5.10 Å². The van der Waals surface area contributed by atoms with Crippen molar-refractivity contribution in [3.63, 3.8) is 0 Å². The van der Waals surface area contributed by atoms with E-state index in [2.05, 4.69) is 75.9 Å². The summed E-state index contributed by atoms with van der Waals surface area (Å²) in [5.41, 5.74) is 4.52. The highest BCUT2D eigenvalue weighted by molar-refractivity contribution is 9.10. The highest BCUT2D eigenvalue weighted by Crippen LogP contribution is 2.38. The highest BCUT2D eigenvalue weighted by atomic mass is 79.9. The second-order valence-electron chi connectivity index (χ2n) is 6.20. The number of thiazole rings is 1. The number of hydrogen-bond acceptors (Lipinski definition) is 5. The molecule has 132 valence electrons. The molecule has 6 heteroatoms. The predicted molar refractivity (Wildman–Crippen MR) is 116 cm³/mol. The largest absolute Gasteiger partial charge is 0.231 e. The summed E-state index contributed by atoms with van der Waals surface area (Å²) in [6.45, 7) is 2.09. The third-order valence-electron chi connectivity index (χ3n) is 4.37. The molecular weight excluding hydrogens is 426 g/mol. The van der Waals surface area contributed by atoms with Gasteiger partial charge >= 0.3 is 0 Å². The lowest BCUT2D eigenvalue weighted by Crippen LogP contribution is -2.18. The van der Waals surface area contributed by atoms with Crippen LogP contribution >= 0.6 is 39.0 Å². The number of aromatic nitrogens is 1. The topological polar surface area (TPSA) is 28.5 Å². The van der Waals surface area contributed by atoms with Gasteiger partial charge in [-0.3, -0.25) is 0 Å². The van der Waals surface area contributed by atoms with Crippen LogP contribution in [0.5, 0.6) is 0 Å². The molecule has 2 aromatic carbocycles. The molecule has 0 radical (unpaired) electrons. The first-order valence-corrected chi connectivity index (χ1v) is 11.2. The van der Waals surface area contributed by atoms with Crippen LogP contribution in [0.15, 0.2) is 68.4 Å². The summed E-state index contributed by atoms with van der Waals surface area (Å²) in [5, 5.41) is 9.89. The van der Waals surface area contributed by atoms with Gasteiger partial charge in [-0.25, -0.2) is 9.99 Å². The predicted octanol–water partition coefficient (Wildman–Crippen LogP) is 6.62. The minimum absolute atomic E-state index is 0.215. The molecule has 0 fully saturated rings.